The largest absolute Gasteiger partial charge is 0.376 e. The Bertz CT molecular complexity index is 1410. The topological polar surface area (TPSA) is 141 Å². The van der Waals surface area contributed by atoms with E-state index >= 15 is 0 Å². The Labute approximate surface area is 198 Å². The number of rotatable bonds is 8. The molecule has 2 aromatic heterocycles. The SMILES string of the molecule is CS(=O)(=O)CCC1CCC(Nc2c([N+](=O)[O-])cnc3c2ccn3S(=O)(=O)c2ccccc2)CC1. The Balaban J connectivity index is 1.61. The number of hydrogen-bond donors (Lipinski definition) is 1. The van der Waals surface area contributed by atoms with Gasteiger partial charge < -0.3 is 5.32 Å². The summed E-state index contributed by atoms with van der Waals surface area (Å²) in [6.45, 7) is 0. The Morgan fingerprint density at radius 2 is 1.76 bits per heavy atom. The van der Waals surface area contributed by atoms with Crippen molar-refractivity contribution in [3.05, 3.63) is 58.9 Å². The fourth-order valence-corrected chi connectivity index (χ4v) is 6.51. The molecular weight excluding hydrogens is 480 g/mol. The van der Waals surface area contributed by atoms with Crippen molar-refractivity contribution in [3.8, 4) is 0 Å². The minimum absolute atomic E-state index is 0.0483. The van der Waals surface area contributed by atoms with Crippen molar-refractivity contribution in [1.29, 1.82) is 0 Å². The molecule has 0 atom stereocenters. The average molecular weight is 507 g/mol. The zero-order valence-electron chi connectivity index (χ0n) is 18.6. The van der Waals surface area contributed by atoms with Gasteiger partial charge in [-0.05, 0) is 56.2 Å². The molecule has 2 heterocycles. The molecule has 1 N–H and O–H groups in total. The fourth-order valence-electron chi connectivity index (χ4n) is 4.42. The molecule has 0 bridgehead atoms. The molecule has 12 heteroatoms. The van der Waals surface area contributed by atoms with Gasteiger partial charge in [-0.1, -0.05) is 18.2 Å². The number of nitro groups is 1. The summed E-state index contributed by atoms with van der Waals surface area (Å²) in [5, 5.41) is 15.3. The highest BCUT2D eigenvalue weighted by Gasteiger charge is 2.28. The number of benzene rings is 1. The number of pyridine rings is 1. The van der Waals surface area contributed by atoms with E-state index in [0.29, 0.717) is 17.7 Å². The third-order valence-electron chi connectivity index (χ3n) is 6.25. The molecule has 0 amide bonds. The first kappa shape index (κ1) is 24.1. The van der Waals surface area contributed by atoms with Crippen molar-refractivity contribution >= 4 is 42.3 Å². The van der Waals surface area contributed by atoms with Gasteiger partial charge >= 0.3 is 5.69 Å². The van der Waals surface area contributed by atoms with Crippen molar-refractivity contribution in [2.75, 3.05) is 17.3 Å². The Hall–Kier alpha value is -2.99. The highest BCUT2D eigenvalue weighted by atomic mass is 32.2. The Morgan fingerprint density at radius 3 is 2.38 bits per heavy atom. The number of anilines is 1. The molecular formula is C22H26N4O6S2. The van der Waals surface area contributed by atoms with Crippen LogP contribution in [0.15, 0.2) is 53.7 Å². The van der Waals surface area contributed by atoms with Crippen LogP contribution in [-0.4, -0.2) is 48.8 Å². The van der Waals surface area contributed by atoms with E-state index in [4.69, 9.17) is 0 Å². The van der Waals surface area contributed by atoms with Crippen molar-refractivity contribution < 1.29 is 21.8 Å². The predicted octanol–water partition coefficient (Wildman–Crippen LogP) is 3.59. The smallest absolute Gasteiger partial charge is 0.311 e. The molecule has 0 aliphatic heterocycles. The highest BCUT2D eigenvalue weighted by molar-refractivity contribution is 7.90. The van der Waals surface area contributed by atoms with Crippen molar-refractivity contribution in [3.63, 3.8) is 0 Å². The molecule has 1 aromatic carbocycles. The first-order valence-electron chi connectivity index (χ1n) is 11.0. The molecule has 4 rings (SSSR count). The van der Waals surface area contributed by atoms with Gasteiger partial charge in [0.05, 0.1) is 21.0 Å². The van der Waals surface area contributed by atoms with Crippen molar-refractivity contribution in [2.24, 2.45) is 5.92 Å². The van der Waals surface area contributed by atoms with Crippen LogP contribution in [0.5, 0.6) is 0 Å². The second kappa shape index (κ2) is 9.34. The summed E-state index contributed by atoms with van der Waals surface area (Å²) in [5.41, 5.74) is 0.136. The number of aromatic nitrogens is 2. The lowest BCUT2D eigenvalue weighted by Crippen LogP contribution is -2.27. The molecule has 1 aliphatic rings. The van der Waals surface area contributed by atoms with Crippen LogP contribution in [0.2, 0.25) is 0 Å². The van der Waals surface area contributed by atoms with Gasteiger partial charge in [0.2, 0.25) is 0 Å². The summed E-state index contributed by atoms with van der Waals surface area (Å²) in [4.78, 5) is 15.4. The second-order valence-electron chi connectivity index (χ2n) is 8.72. The van der Waals surface area contributed by atoms with Crippen LogP contribution in [0.25, 0.3) is 11.0 Å². The van der Waals surface area contributed by atoms with Crippen LogP contribution in [-0.2, 0) is 19.9 Å². The molecule has 1 fully saturated rings. The molecule has 3 aromatic rings. The number of fused-ring (bicyclic) bond motifs is 1. The number of nitrogens with zero attached hydrogens (tertiary/aromatic N) is 3. The Morgan fingerprint density at radius 1 is 1.09 bits per heavy atom. The monoisotopic (exact) mass is 506 g/mol. The minimum Gasteiger partial charge on any atom is -0.376 e. The van der Waals surface area contributed by atoms with Crippen LogP contribution < -0.4 is 5.32 Å². The summed E-state index contributed by atoms with van der Waals surface area (Å²) < 4.78 is 50.2. The molecule has 1 saturated carbocycles. The van der Waals surface area contributed by atoms with Crippen LogP contribution in [0.1, 0.15) is 32.1 Å². The summed E-state index contributed by atoms with van der Waals surface area (Å²) in [6, 6.07) is 9.39. The van der Waals surface area contributed by atoms with Crippen LogP contribution >= 0.6 is 0 Å². The summed E-state index contributed by atoms with van der Waals surface area (Å²) in [5.74, 6) is 0.465. The molecule has 10 nitrogen and oxygen atoms in total. The fraction of sp³-hybridized carbons (Fsp3) is 0.409. The third kappa shape index (κ3) is 5.07. The maximum atomic E-state index is 13.1. The van der Waals surface area contributed by atoms with Crippen molar-refractivity contribution in [2.45, 2.75) is 43.0 Å². The van der Waals surface area contributed by atoms with Gasteiger partial charge in [-0.3, -0.25) is 10.1 Å². The van der Waals surface area contributed by atoms with Gasteiger partial charge in [-0.25, -0.2) is 25.8 Å². The lowest BCUT2D eigenvalue weighted by Gasteiger charge is -2.29. The van der Waals surface area contributed by atoms with E-state index in [0.717, 1.165) is 35.9 Å². The lowest BCUT2D eigenvalue weighted by atomic mass is 9.84. The number of nitrogens with one attached hydrogen (secondary N) is 1. The maximum Gasteiger partial charge on any atom is 0.311 e. The summed E-state index contributed by atoms with van der Waals surface area (Å²) >= 11 is 0. The van der Waals surface area contributed by atoms with E-state index in [1.807, 2.05) is 0 Å². The van der Waals surface area contributed by atoms with Gasteiger partial charge in [0.15, 0.2) is 5.65 Å². The van der Waals surface area contributed by atoms with Crippen LogP contribution in [0.4, 0.5) is 11.4 Å². The molecule has 0 spiro atoms. The second-order valence-corrected chi connectivity index (χ2v) is 12.8. The van der Waals surface area contributed by atoms with Crippen molar-refractivity contribution in [1.82, 2.24) is 8.96 Å². The highest BCUT2D eigenvalue weighted by Crippen LogP contribution is 2.36. The zero-order valence-corrected chi connectivity index (χ0v) is 20.3. The summed E-state index contributed by atoms with van der Waals surface area (Å²) in [7, 11) is -6.93. The zero-order chi connectivity index (χ0) is 24.5. The molecule has 0 radical (unpaired) electrons. The van der Waals surface area contributed by atoms with E-state index in [1.54, 1.807) is 18.2 Å². The van der Waals surface area contributed by atoms with E-state index in [-0.39, 0.29) is 33.7 Å². The van der Waals surface area contributed by atoms with Gasteiger partial charge in [-0.15, -0.1) is 0 Å². The van der Waals surface area contributed by atoms with E-state index in [2.05, 4.69) is 10.3 Å². The molecule has 0 saturated heterocycles. The molecule has 1 aliphatic carbocycles. The number of hydrogen-bond acceptors (Lipinski definition) is 8. The Kier molecular flexibility index (Phi) is 6.63. The van der Waals surface area contributed by atoms with Gasteiger partial charge in [0, 0.05) is 18.5 Å². The average Bonchev–Trinajstić information content (AvgIpc) is 3.24. The van der Waals surface area contributed by atoms with Gasteiger partial charge in [0.25, 0.3) is 10.0 Å². The first-order valence-corrected chi connectivity index (χ1v) is 14.5. The lowest BCUT2D eigenvalue weighted by molar-refractivity contribution is -0.384. The predicted molar refractivity (Wildman–Crippen MR) is 129 cm³/mol. The minimum atomic E-state index is -3.92. The van der Waals surface area contributed by atoms with Crippen LogP contribution in [0.3, 0.4) is 0 Å². The maximum absolute atomic E-state index is 13.1. The van der Waals surface area contributed by atoms with Gasteiger partial charge in [0.1, 0.15) is 21.7 Å². The van der Waals surface area contributed by atoms with Gasteiger partial charge in [-0.2, -0.15) is 0 Å². The molecule has 0 unspecified atom stereocenters. The quantitative estimate of drug-likeness (QED) is 0.361. The van der Waals surface area contributed by atoms with Crippen LogP contribution in [0, 0.1) is 16.0 Å². The van der Waals surface area contributed by atoms with E-state index < -0.39 is 24.8 Å². The molecule has 182 valence electrons. The normalized spacial score (nSPS) is 19.2. The van der Waals surface area contributed by atoms with E-state index in [1.165, 1.54) is 30.7 Å². The first-order chi connectivity index (χ1) is 16.1. The molecule has 34 heavy (non-hydrogen) atoms. The standard InChI is InChI=1S/C22H26N4O6S2/c1-33(29,30)14-12-16-7-9-17(10-8-16)24-21-19-11-13-25(22(19)23-15-20(21)26(27)28)34(31,32)18-5-3-2-4-6-18/h2-6,11,13,15-17H,7-10,12,14H2,1H3,(H,23,24). The number of sulfone groups is 1. The van der Waals surface area contributed by atoms with E-state index in [9.17, 15) is 26.9 Å². The summed E-state index contributed by atoms with van der Waals surface area (Å²) in [6.07, 6.45) is 7.40. The third-order valence-corrected chi connectivity index (χ3v) is 8.91.